The SMILES string of the molecule is CN=C(NCCc1cc(F)cc(F)c1)NCc1cccc(C)c1.I. The zero-order valence-corrected chi connectivity index (χ0v) is 16.1. The summed E-state index contributed by atoms with van der Waals surface area (Å²) in [6, 6.07) is 11.8. The Morgan fingerprint density at radius 1 is 1.00 bits per heavy atom. The second-order valence-electron chi connectivity index (χ2n) is 5.37. The van der Waals surface area contributed by atoms with Gasteiger partial charge in [-0.25, -0.2) is 8.78 Å². The molecule has 0 aliphatic heterocycles. The zero-order chi connectivity index (χ0) is 16.7. The van der Waals surface area contributed by atoms with Crippen LogP contribution in [0.3, 0.4) is 0 Å². The molecule has 6 heteroatoms. The van der Waals surface area contributed by atoms with Crippen LogP contribution in [0.4, 0.5) is 8.78 Å². The van der Waals surface area contributed by atoms with E-state index in [1.54, 1.807) is 7.05 Å². The van der Waals surface area contributed by atoms with E-state index in [9.17, 15) is 8.78 Å². The van der Waals surface area contributed by atoms with Crippen LogP contribution in [0.1, 0.15) is 16.7 Å². The molecule has 0 spiro atoms. The van der Waals surface area contributed by atoms with Gasteiger partial charge in [-0.05, 0) is 36.6 Å². The third-order valence-corrected chi connectivity index (χ3v) is 3.39. The first kappa shape index (κ1) is 20.3. The lowest BCUT2D eigenvalue weighted by molar-refractivity contribution is 0.579. The van der Waals surface area contributed by atoms with Gasteiger partial charge < -0.3 is 10.6 Å². The van der Waals surface area contributed by atoms with Crippen molar-refractivity contribution in [3.05, 3.63) is 70.8 Å². The normalized spacial score (nSPS) is 10.9. The summed E-state index contributed by atoms with van der Waals surface area (Å²) in [6.07, 6.45) is 0.514. The summed E-state index contributed by atoms with van der Waals surface area (Å²) in [6.45, 7) is 3.25. The highest BCUT2D eigenvalue weighted by atomic mass is 127. The average molecular weight is 445 g/mol. The zero-order valence-electron chi connectivity index (χ0n) is 13.8. The van der Waals surface area contributed by atoms with Gasteiger partial charge in [-0.1, -0.05) is 29.8 Å². The highest BCUT2D eigenvalue weighted by Gasteiger charge is 2.02. The van der Waals surface area contributed by atoms with E-state index in [-0.39, 0.29) is 24.0 Å². The summed E-state index contributed by atoms with van der Waals surface area (Å²) in [5, 5.41) is 6.35. The van der Waals surface area contributed by atoms with Gasteiger partial charge in [-0.2, -0.15) is 0 Å². The van der Waals surface area contributed by atoms with E-state index in [0.717, 1.165) is 6.07 Å². The Labute approximate surface area is 158 Å². The van der Waals surface area contributed by atoms with Gasteiger partial charge in [0.25, 0.3) is 0 Å². The van der Waals surface area contributed by atoms with E-state index in [2.05, 4.69) is 34.7 Å². The van der Waals surface area contributed by atoms with Crippen LogP contribution in [0.2, 0.25) is 0 Å². The van der Waals surface area contributed by atoms with Gasteiger partial charge in [-0.3, -0.25) is 4.99 Å². The highest BCUT2D eigenvalue weighted by Crippen LogP contribution is 2.08. The van der Waals surface area contributed by atoms with E-state index in [1.807, 2.05) is 12.1 Å². The number of benzene rings is 2. The maximum absolute atomic E-state index is 13.1. The number of nitrogens with one attached hydrogen (secondary N) is 2. The Morgan fingerprint density at radius 3 is 2.33 bits per heavy atom. The van der Waals surface area contributed by atoms with Crippen molar-refractivity contribution >= 4 is 29.9 Å². The van der Waals surface area contributed by atoms with E-state index in [0.29, 0.717) is 31.0 Å². The quantitative estimate of drug-likeness (QED) is 0.418. The maximum Gasteiger partial charge on any atom is 0.191 e. The Balaban J connectivity index is 0.00000288. The second kappa shape index (κ2) is 10.2. The highest BCUT2D eigenvalue weighted by molar-refractivity contribution is 14.0. The first-order valence-electron chi connectivity index (χ1n) is 7.52. The average Bonchev–Trinajstić information content (AvgIpc) is 2.50. The molecule has 3 nitrogen and oxygen atoms in total. The first-order chi connectivity index (χ1) is 11.1. The van der Waals surface area contributed by atoms with E-state index in [1.165, 1.54) is 23.3 Å². The molecule has 0 amide bonds. The van der Waals surface area contributed by atoms with Gasteiger partial charge in [-0.15, -0.1) is 24.0 Å². The van der Waals surface area contributed by atoms with Gasteiger partial charge in [0.1, 0.15) is 11.6 Å². The fraction of sp³-hybridized carbons (Fsp3) is 0.278. The number of rotatable bonds is 5. The smallest absolute Gasteiger partial charge is 0.191 e. The second-order valence-corrected chi connectivity index (χ2v) is 5.37. The fourth-order valence-electron chi connectivity index (χ4n) is 2.31. The molecule has 2 aromatic carbocycles. The van der Waals surface area contributed by atoms with Gasteiger partial charge >= 0.3 is 0 Å². The molecule has 0 saturated carbocycles. The Morgan fingerprint density at radius 2 is 1.71 bits per heavy atom. The van der Waals surface area contributed by atoms with Crippen LogP contribution in [-0.2, 0) is 13.0 Å². The number of guanidine groups is 1. The number of aliphatic imine (C=N–C) groups is 1. The minimum atomic E-state index is -0.554. The maximum atomic E-state index is 13.1. The topological polar surface area (TPSA) is 36.4 Å². The summed E-state index contributed by atoms with van der Waals surface area (Å²) in [5.41, 5.74) is 2.99. The van der Waals surface area contributed by atoms with E-state index >= 15 is 0 Å². The lowest BCUT2D eigenvalue weighted by atomic mass is 10.1. The Hall–Kier alpha value is -1.70. The molecule has 24 heavy (non-hydrogen) atoms. The lowest BCUT2D eigenvalue weighted by Crippen LogP contribution is -2.37. The number of aryl methyl sites for hydroxylation is 1. The summed E-state index contributed by atoms with van der Waals surface area (Å²) >= 11 is 0. The molecular weight excluding hydrogens is 423 g/mol. The molecule has 0 fully saturated rings. The van der Waals surface area contributed by atoms with Crippen LogP contribution in [0, 0.1) is 18.6 Å². The van der Waals surface area contributed by atoms with Gasteiger partial charge in [0.15, 0.2) is 5.96 Å². The van der Waals surface area contributed by atoms with Crippen molar-refractivity contribution in [2.24, 2.45) is 4.99 Å². The molecule has 2 rings (SSSR count). The molecule has 0 bridgehead atoms. The van der Waals surface area contributed by atoms with Crippen LogP contribution < -0.4 is 10.6 Å². The fourth-order valence-corrected chi connectivity index (χ4v) is 2.31. The van der Waals surface area contributed by atoms with Gasteiger partial charge in [0.2, 0.25) is 0 Å². The van der Waals surface area contributed by atoms with Gasteiger partial charge in [0.05, 0.1) is 0 Å². The molecule has 0 radical (unpaired) electrons. The minimum Gasteiger partial charge on any atom is -0.356 e. The third-order valence-electron chi connectivity index (χ3n) is 3.39. The number of nitrogens with zero attached hydrogens (tertiary/aromatic N) is 1. The number of hydrogen-bond acceptors (Lipinski definition) is 1. The summed E-state index contributed by atoms with van der Waals surface area (Å²) in [5.74, 6) is -0.452. The number of hydrogen-bond donors (Lipinski definition) is 2. The molecular formula is C18H22F2IN3. The molecule has 130 valence electrons. The standard InChI is InChI=1S/C18H21F2N3.HI/c1-13-4-3-5-15(8-13)12-23-18(21-2)22-7-6-14-9-16(19)11-17(20)10-14;/h3-5,8-11H,6-7,12H2,1-2H3,(H2,21,22,23);1H. The van der Waals surface area contributed by atoms with Crippen molar-refractivity contribution < 1.29 is 8.78 Å². The summed E-state index contributed by atoms with van der Waals surface area (Å²) < 4.78 is 26.2. The van der Waals surface area contributed by atoms with Crippen molar-refractivity contribution in [3.63, 3.8) is 0 Å². The van der Waals surface area contributed by atoms with Crippen LogP contribution in [0.5, 0.6) is 0 Å². The molecule has 0 atom stereocenters. The van der Waals surface area contributed by atoms with Crippen molar-refractivity contribution in [2.75, 3.05) is 13.6 Å². The van der Waals surface area contributed by atoms with Crippen molar-refractivity contribution in [3.8, 4) is 0 Å². The minimum absolute atomic E-state index is 0. The van der Waals surface area contributed by atoms with Crippen LogP contribution in [-0.4, -0.2) is 19.6 Å². The summed E-state index contributed by atoms with van der Waals surface area (Å²) in [7, 11) is 1.69. The van der Waals surface area contributed by atoms with Crippen molar-refractivity contribution in [2.45, 2.75) is 19.9 Å². The van der Waals surface area contributed by atoms with Crippen LogP contribution in [0.15, 0.2) is 47.5 Å². The molecule has 0 aliphatic rings. The monoisotopic (exact) mass is 445 g/mol. The predicted molar refractivity (Wildman–Crippen MR) is 105 cm³/mol. The van der Waals surface area contributed by atoms with E-state index < -0.39 is 11.6 Å². The van der Waals surface area contributed by atoms with E-state index in [4.69, 9.17) is 0 Å². The Kier molecular flexibility index (Phi) is 8.67. The largest absolute Gasteiger partial charge is 0.356 e. The molecule has 2 aromatic rings. The molecule has 2 N–H and O–H groups in total. The molecule has 0 unspecified atom stereocenters. The Bertz CT molecular complexity index is 669. The third kappa shape index (κ3) is 6.82. The lowest BCUT2D eigenvalue weighted by Gasteiger charge is -2.12. The van der Waals surface area contributed by atoms with Gasteiger partial charge in [0, 0.05) is 26.2 Å². The van der Waals surface area contributed by atoms with Crippen molar-refractivity contribution in [1.82, 2.24) is 10.6 Å². The van der Waals surface area contributed by atoms with Crippen molar-refractivity contribution in [1.29, 1.82) is 0 Å². The predicted octanol–water partition coefficient (Wildman–Crippen LogP) is 3.80. The molecule has 0 aliphatic carbocycles. The molecule has 0 aromatic heterocycles. The number of halogens is 3. The van der Waals surface area contributed by atoms with Crippen LogP contribution >= 0.6 is 24.0 Å². The molecule has 0 heterocycles. The first-order valence-corrected chi connectivity index (χ1v) is 7.52. The molecule has 0 saturated heterocycles. The van der Waals surface area contributed by atoms with Crippen LogP contribution in [0.25, 0.3) is 0 Å². The summed E-state index contributed by atoms with van der Waals surface area (Å²) in [4.78, 5) is 4.14.